The number of hydrogen-bond acceptors (Lipinski definition) is 4. The molecule has 0 bridgehead atoms. The van der Waals surface area contributed by atoms with Crippen molar-refractivity contribution in [2.45, 2.75) is 13.3 Å². The SMILES string of the molecule is COc1ccc(CCN2CCN(C(=O)Nc3ccc(C(C)=O)cc3)CC2)cc1. The van der Waals surface area contributed by atoms with E-state index in [1.54, 1.807) is 31.4 Å². The highest BCUT2D eigenvalue weighted by Crippen LogP contribution is 2.14. The van der Waals surface area contributed by atoms with Gasteiger partial charge in [-0.1, -0.05) is 12.1 Å². The zero-order chi connectivity index (χ0) is 19.9. The average molecular weight is 381 g/mol. The van der Waals surface area contributed by atoms with Gasteiger partial charge in [-0.15, -0.1) is 0 Å². The summed E-state index contributed by atoms with van der Waals surface area (Å²) in [5, 5.41) is 2.91. The monoisotopic (exact) mass is 381 g/mol. The minimum Gasteiger partial charge on any atom is -0.497 e. The largest absolute Gasteiger partial charge is 0.497 e. The lowest BCUT2D eigenvalue weighted by atomic mass is 10.1. The van der Waals surface area contributed by atoms with E-state index in [1.165, 1.54) is 12.5 Å². The van der Waals surface area contributed by atoms with E-state index >= 15 is 0 Å². The molecule has 28 heavy (non-hydrogen) atoms. The highest BCUT2D eigenvalue weighted by molar-refractivity contribution is 5.95. The van der Waals surface area contributed by atoms with Crippen LogP contribution in [-0.4, -0.2) is 61.4 Å². The predicted octanol–water partition coefficient (Wildman–Crippen LogP) is 3.29. The number of carbonyl (C=O) groups excluding carboxylic acids is 2. The number of rotatable bonds is 6. The lowest BCUT2D eigenvalue weighted by molar-refractivity contribution is 0.101. The van der Waals surface area contributed by atoms with Crippen LogP contribution in [0.4, 0.5) is 10.5 Å². The number of hydrogen-bond donors (Lipinski definition) is 1. The van der Waals surface area contributed by atoms with Crippen molar-refractivity contribution in [2.24, 2.45) is 0 Å². The van der Waals surface area contributed by atoms with E-state index in [0.717, 1.165) is 31.8 Å². The Morgan fingerprint density at radius 1 is 0.964 bits per heavy atom. The molecule has 0 radical (unpaired) electrons. The van der Waals surface area contributed by atoms with Crippen molar-refractivity contribution >= 4 is 17.5 Å². The Labute approximate surface area is 166 Å². The van der Waals surface area contributed by atoms with Crippen molar-refractivity contribution in [3.8, 4) is 5.75 Å². The van der Waals surface area contributed by atoms with E-state index in [4.69, 9.17) is 4.74 Å². The third kappa shape index (κ3) is 5.33. The van der Waals surface area contributed by atoms with Crippen LogP contribution in [0.3, 0.4) is 0 Å². The second kappa shape index (κ2) is 9.37. The molecule has 0 saturated carbocycles. The van der Waals surface area contributed by atoms with E-state index in [-0.39, 0.29) is 11.8 Å². The molecule has 1 fully saturated rings. The molecule has 0 aliphatic carbocycles. The summed E-state index contributed by atoms with van der Waals surface area (Å²) in [5.74, 6) is 0.892. The molecule has 6 heteroatoms. The van der Waals surface area contributed by atoms with Crippen LogP contribution in [0.15, 0.2) is 48.5 Å². The van der Waals surface area contributed by atoms with Gasteiger partial charge in [-0.25, -0.2) is 4.79 Å². The number of amides is 2. The zero-order valence-electron chi connectivity index (χ0n) is 16.5. The van der Waals surface area contributed by atoms with Gasteiger partial charge in [0.1, 0.15) is 5.75 Å². The molecule has 1 aliphatic rings. The number of benzene rings is 2. The number of urea groups is 1. The van der Waals surface area contributed by atoms with Crippen molar-refractivity contribution in [3.63, 3.8) is 0 Å². The van der Waals surface area contributed by atoms with E-state index in [1.807, 2.05) is 17.0 Å². The van der Waals surface area contributed by atoms with Gasteiger partial charge in [0.2, 0.25) is 0 Å². The molecule has 0 atom stereocenters. The van der Waals surface area contributed by atoms with Crippen LogP contribution in [-0.2, 0) is 6.42 Å². The van der Waals surface area contributed by atoms with Gasteiger partial charge >= 0.3 is 6.03 Å². The second-order valence-corrected chi connectivity index (χ2v) is 6.99. The maximum absolute atomic E-state index is 12.5. The first-order chi connectivity index (χ1) is 13.5. The Hall–Kier alpha value is -2.86. The van der Waals surface area contributed by atoms with Gasteiger partial charge < -0.3 is 15.0 Å². The van der Waals surface area contributed by atoms with Gasteiger partial charge in [0, 0.05) is 44.0 Å². The number of ether oxygens (including phenoxy) is 1. The number of piperazine rings is 1. The molecule has 3 rings (SSSR count). The van der Waals surface area contributed by atoms with Crippen LogP contribution in [0.25, 0.3) is 0 Å². The molecule has 148 valence electrons. The van der Waals surface area contributed by atoms with E-state index in [2.05, 4.69) is 22.3 Å². The Morgan fingerprint density at radius 3 is 2.18 bits per heavy atom. The number of Topliss-reactive ketones (excluding diaryl/α,β-unsaturated/α-hetero) is 1. The van der Waals surface area contributed by atoms with Crippen molar-refractivity contribution in [1.29, 1.82) is 0 Å². The summed E-state index contributed by atoms with van der Waals surface area (Å²) in [6.07, 6.45) is 0.985. The van der Waals surface area contributed by atoms with E-state index < -0.39 is 0 Å². The van der Waals surface area contributed by atoms with Crippen LogP contribution < -0.4 is 10.1 Å². The number of nitrogens with one attached hydrogen (secondary N) is 1. The second-order valence-electron chi connectivity index (χ2n) is 6.99. The number of anilines is 1. The minimum absolute atomic E-state index is 0.0173. The Morgan fingerprint density at radius 2 is 1.61 bits per heavy atom. The molecule has 0 unspecified atom stereocenters. The third-order valence-corrected chi connectivity index (χ3v) is 5.08. The molecule has 1 saturated heterocycles. The normalized spacial score (nSPS) is 14.6. The van der Waals surface area contributed by atoms with Crippen LogP contribution in [0.2, 0.25) is 0 Å². The fourth-order valence-corrected chi connectivity index (χ4v) is 3.24. The molecule has 2 amide bonds. The summed E-state index contributed by atoms with van der Waals surface area (Å²) in [6.45, 7) is 5.66. The standard InChI is InChI=1S/C22H27N3O3/c1-17(26)19-5-7-20(8-6-19)23-22(27)25-15-13-24(14-16-25)12-11-18-3-9-21(28-2)10-4-18/h3-10H,11-16H2,1-2H3,(H,23,27). The average Bonchev–Trinajstić information content (AvgIpc) is 2.73. The summed E-state index contributed by atoms with van der Waals surface area (Å²) >= 11 is 0. The van der Waals surface area contributed by atoms with Crippen LogP contribution >= 0.6 is 0 Å². The highest BCUT2D eigenvalue weighted by atomic mass is 16.5. The van der Waals surface area contributed by atoms with Crippen LogP contribution in [0, 0.1) is 0 Å². The first kappa shape index (κ1) is 19.9. The summed E-state index contributed by atoms with van der Waals surface area (Å²) in [4.78, 5) is 28.0. The molecule has 0 aromatic heterocycles. The van der Waals surface area contributed by atoms with Gasteiger partial charge in [-0.05, 0) is 55.3 Å². The molecule has 2 aromatic rings. The third-order valence-electron chi connectivity index (χ3n) is 5.08. The Bertz CT molecular complexity index is 795. The molecule has 1 N–H and O–H groups in total. The van der Waals surface area contributed by atoms with Crippen LogP contribution in [0.5, 0.6) is 5.75 Å². The molecular weight excluding hydrogens is 354 g/mol. The van der Waals surface area contributed by atoms with Gasteiger partial charge in [0.25, 0.3) is 0 Å². The van der Waals surface area contributed by atoms with Gasteiger partial charge in [-0.2, -0.15) is 0 Å². The Kier molecular flexibility index (Phi) is 6.66. The fraction of sp³-hybridized carbons (Fsp3) is 0.364. The van der Waals surface area contributed by atoms with Crippen molar-refractivity contribution in [2.75, 3.05) is 45.2 Å². The van der Waals surface area contributed by atoms with Crippen molar-refractivity contribution in [3.05, 3.63) is 59.7 Å². The smallest absolute Gasteiger partial charge is 0.321 e. The number of methoxy groups -OCH3 is 1. The predicted molar refractivity (Wildman–Crippen MR) is 110 cm³/mol. The first-order valence-electron chi connectivity index (χ1n) is 9.57. The number of ketones is 1. The van der Waals surface area contributed by atoms with Gasteiger partial charge in [0.05, 0.1) is 7.11 Å². The highest BCUT2D eigenvalue weighted by Gasteiger charge is 2.21. The summed E-state index contributed by atoms with van der Waals surface area (Å²) in [7, 11) is 1.67. The number of nitrogens with zero attached hydrogens (tertiary/aromatic N) is 2. The lowest BCUT2D eigenvalue weighted by Crippen LogP contribution is -2.50. The summed E-state index contributed by atoms with van der Waals surface area (Å²) in [6, 6.07) is 15.1. The Balaban J connectivity index is 1.42. The quantitative estimate of drug-likeness (QED) is 0.780. The maximum atomic E-state index is 12.5. The molecule has 1 aliphatic heterocycles. The van der Waals surface area contributed by atoms with Gasteiger partial charge in [0.15, 0.2) is 5.78 Å². The molecular formula is C22H27N3O3. The minimum atomic E-state index is -0.0922. The van der Waals surface area contributed by atoms with Crippen molar-refractivity contribution < 1.29 is 14.3 Å². The topological polar surface area (TPSA) is 61.9 Å². The maximum Gasteiger partial charge on any atom is 0.321 e. The molecule has 6 nitrogen and oxygen atoms in total. The van der Waals surface area contributed by atoms with Crippen LogP contribution in [0.1, 0.15) is 22.8 Å². The van der Waals surface area contributed by atoms with E-state index in [9.17, 15) is 9.59 Å². The molecule has 1 heterocycles. The van der Waals surface area contributed by atoms with E-state index in [0.29, 0.717) is 24.3 Å². The van der Waals surface area contributed by atoms with Crippen molar-refractivity contribution in [1.82, 2.24) is 9.80 Å². The number of carbonyl (C=O) groups is 2. The first-order valence-corrected chi connectivity index (χ1v) is 9.57. The lowest BCUT2D eigenvalue weighted by Gasteiger charge is -2.34. The molecule has 0 spiro atoms. The summed E-state index contributed by atoms with van der Waals surface area (Å²) in [5.41, 5.74) is 2.63. The fourth-order valence-electron chi connectivity index (χ4n) is 3.24. The zero-order valence-corrected chi connectivity index (χ0v) is 16.5. The molecule has 2 aromatic carbocycles. The van der Waals surface area contributed by atoms with Gasteiger partial charge in [-0.3, -0.25) is 9.69 Å². The summed E-state index contributed by atoms with van der Waals surface area (Å²) < 4.78 is 5.19.